The van der Waals surface area contributed by atoms with Gasteiger partial charge < -0.3 is 13.4 Å². The molecule has 4 heterocycles. The summed E-state index contributed by atoms with van der Waals surface area (Å²) >= 11 is 0. The molecule has 0 saturated heterocycles. The maximum absolute atomic E-state index is 6.24. The number of aromatic nitrogens is 4. The van der Waals surface area contributed by atoms with E-state index in [1.54, 1.807) is 12.5 Å². The molecule has 0 fully saturated rings. The first-order valence-corrected chi connectivity index (χ1v) is 12.7. The minimum Gasteiger partial charge on any atom is -0.445 e. The van der Waals surface area contributed by atoms with E-state index in [0.717, 1.165) is 61.0 Å². The molecular weight excluding hydrogens is 484 g/mol. The fourth-order valence-corrected chi connectivity index (χ4v) is 5.33. The van der Waals surface area contributed by atoms with Crippen LogP contribution in [0.1, 0.15) is 0 Å². The van der Waals surface area contributed by atoms with Crippen LogP contribution in [0.25, 0.3) is 72.8 Å². The third-order valence-corrected chi connectivity index (χ3v) is 7.06. The first-order valence-electron chi connectivity index (χ1n) is 12.7. The second kappa shape index (κ2) is 8.53. The van der Waals surface area contributed by atoms with Gasteiger partial charge in [0.05, 0.1) is 34.1 Å². The number of oxazole rings is 2. The predicted octanol–water partition coefficient (Wildman–Crippen LogP) is 8.31. The average Bonchev–Trinajstić information content (AvgIpc) is 3.75. The molecule has 0 aliphatic heterocycles. The Morgan fingerprint density at radius 2 is 1.49 bits per heavy atom. The van der Waals surface area contributed by atoms with Gasteiger partial charge in [0.25, 0.3) is 0 Å². The van der Waals surface area contributed by atoms with E-state index < -0.39 is 0 Å². The minimum absolute atomic E-state index is 0.517. The molecule has 184 valence electrons. The molecule has 0 amide bonds. The topological polar surface area (TPSA) is 69.9 Å². The molecule has 0 N–H and O–H groups in total. The second-order valence-corrected chi connectivity index (χ2v) is 9.36. The van der Waals surface area contributed by atoms with Gasteiger partial charge in [-0.15, -0.1) is 0 Å². The number of benzene rings is 4. The largest absolute Gasteiger partial charge is 0.445 e. The summed E-state index contributed by atoms with van der Waals surface area (Å²) in [6.07, 6.45) is 5.06. The Bertz CT molecular complexity index is 2090. The number of nitrogens with zero attached hydrogens (tertiary/aromatic N) is 4. The number of rotatable bonds is 4. The van der Waals surface area contributed by atoms with E-state index in [9.17, 15) is 0 Å². The third-order valence-electron chi connectivity index (χ3n) is 7.06. The monoisotopic (exact) mass is 504 g/mol. The maximum Gasteiger partial charge on any atom is 0.228 e. The van der Waals surface area contributed by atoms with Gasteiger partial charge in [0.2, 0.25) is 11.8 Å². The van der Waals surface area contributed by atoms with Gasteiger partial charge in [0, 0.05) is 28.2 Å². The van der Waals surface area contributed by atoms with Crippen molar-refractivity contribution >= 4 is 32.9 Å². The van der Waals surface area contributed by atoms with Gasteiger partial charge in [-0.1, -0.05) is 48.5 Å². The van der Waals surface area contributed by atoms with Crippen LogP contribution in [0, 0.1) is 0 Å². The Morgan fingerprint density at radius 3 is 2.36 bits per heavy atom. The maximum atomic E-state index is 6.24. The van der Waals surface area contributed by atoms with Gasteiger partial charge in [-0.3, -0.25) is 4.98 Å². The zero-order chi connectivity index (χ0) is 25.8. The number of pyridine rings is 1. The summed E-state index contributed by atoms with van der Waals surface area (Å²) in [6, 6.07) is 34.9. The van der Waals surface area contributed by atoms with Crippen LogP contribution in [0.3, 0.4) is 0 Å². The molecule has 0 saturated carbocycles. The Hall–Kier alpha value is -5.49. The Morgan fingerprint density at radius 1 is 0.615 bits per heavy atom. The highest BCUT2D eigenvalue weighted by Crippen LogP contribution is 2.41. The molecule has 8 rings (SSSR count). The highest BCUT2D eigenvalue weighted by Gasteiger charge is 2.22. The highest BCUT2D eigenvalue weighted by atomic mass is 16.4. The van der Waals surface area contributed by atoms with Gasteiger partial charge in [-0.25, -0.2) is 9.97 Å². The van der Waals surface area contributed by atoms with Gasteiger partial charge in [-0.2, -0.15) is 0 Å². The van der Waals surface area contributed by atoms with E-state index in [0.29, 0.717) is 11.8 Å². The lowest BCUT2D eigenvalue weighted by Crippen LogP contribution is -1.95. The van der Waals surface area contributed by atoms with E-state index in [1.165, 1.54) is 0 Å². The molecule has 4 aromatic carbocycles. The van der Waals surface area contributed by atoms with Gasteiger partial charge in [-0.05, 0) is 54.6 Å². The van der Waals surface area contributed by atoms with Crippen molar-refractivity contribution in [2.45, 2.75) is 0 Å². The smallest absolute Gasteiger partial charge is 0.228 e. The normalized spacial score (nSPS) is 11.6. The van der Waals surface area contributed by atoms with Crippen molar-refractivity contribution in [3.8, 4) is 39.9 Å². The van der Waals surface area contributed by atoms with Crippen molar-refractivity contribution in [2.75, 3.05) is 0 Å². The SMILES string of the molecule is c1ccc(-c2cccc(-n3c4ccccc4c4cc(-c5ncco5)c(-c5nc6ccccc6o5)cc43)c2)nc1. The summed E-state index contributed by atoms with van der Waals surface area (Å²) in [4.78, 5) is 13.9. The van der Waals surface area contributed by atoms with Crippen molar-refractivity contribution in [2.24, 2.45) is 0 Å². The lowest BCUT2D eigenvalue weighted by atomic mass is 10.0. The van der Waals surface area contributed by atoms with Crippen LogP contribution in [0.5, 0.6) is 0 Å². The molecule has 0 spiro atoms. The van der Waals surface area contributed by atoms with Gasteiger partial charge in [0.15, 0.2) is 5.58 Å². The first kappa shape index (κ1) is 21.6. The molecule has 0 bridgehead atoms. The lowest BCUT2D eigenvalue weighted by Gasteiger charge is -2.11. The van der Waals surface area contributed by atoms with E-state index >= 15 is 0 Å². The number of hydrogen-bond acceptors (Lipinski definition) is 5. The molecule has 0 radical (unpaired) electrons. The van der Waals surface area contributed by atoms with Crippen molar-refractivity contribution in [1.29, 1.82) is 0 Å². The zero-order valence-electron chi connectivity index (χ0n) is 20.7. The molecule has 4 aromatic heterocycles. The molecule has 0 aliphatic rings. The summed E-state index contributed by atoms with van der Waals surface area (Å²) in [5.41, 5.74) is 8.31. The summed E-state index contributed by atoms with van der Waals surface area (Å²) in [7, 11) is 0. The van der Waals surface area contributed by atoms with Crippen LogP contribution < -0.4 is 0 Å². The zero-order valence-corrected chi connectivity index (χ0v) is 20.7. The molecular formula is C33H20N4O2. The molecule has 0 aliphatic carbocycles. The highest BCUT2D eigenvalue weighted by molar-refractivity contribution is 6.12. The van der Waals surface area contributed by atoms with Crippen LogP contribution in [0.2, 0.25) is 0 Å². The first-order chi connectivity index (χ1) is 19.3. The van der Waals surface area contributed by atoms with Gasteiger partial charge in [0.1, 0.15) is 11.8 Å². The van der Waals surface area contributed by atoms with Gasteiger partial charge >= 0.3 is 0 Å². The summed E-state index contributed by atoms with van der Waals surface area (Å²) in [5.74, 6) is 1.04. The quantitative estimate of drug-likeness (QED) is 0.241. The lowest BCUT2D eigenvalue weighted by molar-refractivity contribution is 0.573. The van der Waals surface area contributed by atoms with E-state index in [1.807, 2.05) is 48.7 Å². The van der Waals surface area contributed by atoms with Crippen molar-refractivity contribution in [3.05, 3.63) is 122 Å². The average molecular weight is 505 g/mol. The molecule has 8 aromatic rings. The summed E-state index contributed by atoms with van der Waals surface area (Å²) in [5, 5.41) is 2.22. The molecule has 39 heavy (non-hydrogen) atoms. The van der Waals surface area contributed by atoms with E-state index in [4.69, 9.17) is 13.8 Å². The number of fused-ring (bicyclic) bond motifs is 4. The molecule has 0 unspecified atom stereocenters. The Labute approximate surface area is 222 Å². The van der Waals surface area contributed by atoms with Crippen LogP contribution in [-0.2, 0) is 0 Å². The standard InChI is InChI=1S/C33H20N4O2/c1-3-13-29-23(10-1)24-19-25(32-35-16-17-38-32)26(33-36-28-12-2-4-14-31(28)39-33)20-30(24)37(29)22-9-7-8-21(18-22)27-11-5-6-15-34-27/h1-20H. The molecule has 6 nitrogen and oxygen atoms in total. The Kier molecular flexibility index (Phi) is 4.72. The van der Waals surface area contributed by atoms with Crippen LogP contribution >= 0.6 is 0 Å². The fourth-order valence-electron chi connectivity index (χ4n) is 5.33. The van der Waals surface area contributed by atoms with Crippen LogP contribution in [0.4, 0.5) is 0 Å². The molecule has 6 heteroatoms. The molecule has 0 atom stereocenters. The van der Waals surface area contributed by atoms with Crippen molar-refractivity contribution in [1.82, 2.24) is 19.5 Å². The van der Waals surface area contributed by atoms with E-state index in [-0.39, 0.29) is 0 Å². The van der Waals surface area contributed by atoms with Crippen LogP contribution in [0.15, 0.2) is 131 Å². The second-order valence-electron chi connectivity index (χ2n) is 9.36. The Balaban J connectivity index is 1.45. The summed E-state index contributed by atoms with van der Waals surface area (Å²) < 4.78 is 14.3. The number of hydrogen-bond donors (Lipinski definition) is 0. The van der Waals surface area contributed by atoms with E-state index in [2.05, 4.69) is 75.2 Å². The number of para-hydroxylation sites is 3. The third kappa shape index (κ3) is 3.46. The predicted molar refractivity (Wildman–Crippen MR) is 153 cm³/mol. The minimum atomic E-state index is 0.517. The van der Waals surface area contributed by atoms with Crippen LogP contribution in [-0.4, -0.2) is 19.5 Å². The van der Waals surface area contributed by atoms with Crippen molar-refractivity contribution < 1.29 is 8.83 Å². The fraction of sp³-hybridized carbons (Fsp3) is 0. The summed E-state index contributed by atoms with van der Waals surface area (Å²) in [6.45, 7) is 0. The van der Waals surface area contributed by atoms with Crippen molar-refractivity contribution in [3.63, 3.8) is 0 Å².